The molecule has 1 fully saturated rings. The summed E-state index contributed by atoms with van der Waals surface area (Å²) in [5.41, 5.74) is -11.8. The number of anilines is 2. The van der Waals surface area contributed by atoms with E-state index in [0.717, 1.165) is 18.9 Å². The van der Waals surface area contributed by atoms with Gasteiger partial charge in [0, 0.05) is 38.4 Å². The Kier molecular flexibility index (Phi) is 9.06. The summed E-state index contributed by atoms with van der Waals surface area (Å²) in [6.45, 7) is 0.251. The Labute approximate surface area is 256 Å². The van der Waals surface area contributed by atoms with E-state index in [9.17, 15) is 53.5 Å². The smallest absolute Gasteiger partial charge is 0.320 e. The van der Waals surface area contributed by atoms with E-state index in [0.29, 0.717) is 5.02 Å². The van der Waals surface area contributed by atoms with Gasteiger partial charge in [0.1, 0.15) is 0 Å². The van der Waals surface area contributed by atoms with Gasteiger partial charge in [-0.3, -0.25) is 9.59 Å². The molecule has 44 heavy (non-hydrogen) atoms. The van der Waals surface area contributed by atoms with Crippen LogP contribution in [0.3, 0.4) is 0 Å². The molecular formula is C28H18BrClF10N2O2. The monoisotopic (exact) mass is 718 g/mol. The third-order valence-corrected chi connectivity index (χ3v) is 7.58. The van der Waals surface area contributed by atoms with Crippen LogP contribution in [0.25, 0.3) is 0 Å². The lowest BCUT2D eigenvalue weighted by Gasteiger charge is -2.31. The lowest BCUT2D eigenvalue weighted by molar-refractivity contribution is -0.348. The number of carbonyl (C=O) groups excluding carboxylic acids is 2. The van der Waals surface area contributed by atoms with Crippen LogP contribution in [0.15, 0.2) is 65.1 Å². The summed E-state index contributed by atoms with van der Waals surface area (Å²) in [6.07, 6.45) is -17.3. The number of amides is 2. The summed E-state index contributed by atoms with van der Waals surface area (Å²) >= 11 is 8.35. The second kappa shape index (κ2) is 11.9. The Morgan fingerprint density at radius 1 is 0.841 bits per heavy atom. The average molecular weight is 720 g/mol. The molecule has 0 aliphatic heterocycles. The Bertz CT molecular complexity index is 1550. The number of rotatable bonds is 7. The van der Waals surface area contributed by atoms with Crippen molar-refractivity contribution < 1.29 is 53.5 Å². The van der Waals surface area contributed by atoms with Crippen LogP contribution >= 0.6 is 27.5 Å². The molecule has 0 atom stereocenters. The zero-order valence-electron chi connectivity index (χ0n) is 21.8. The van der Waals surface area contributed by atoms with Crippen molar-refractivity contribution in [3.8, 4) is 0 Å². The normalized spacial score (nSPS) is 14.4. The number of nitrogens with zero attached hydrogens (tertiary/aromatic N) is 1. The summed E-state index contributed by atoms with van der Waals surface area (Å²) in [4.78, 5) is 27.7. The van der Waals surface area contributed by atoms with Crippen LogP contribution in [-0.2, 0) is 11.8 Å². The molecule has 0 heterocycles. The van der Waals surface area contributed by atoms with E-state index < -0.39 is 63.4 Å². The van der Waals surface area contributed by atoms with Crippen molar-refractivity contribution in [3.05, 3.63) is 92.4 Å². The third kappa shape index (κ3) is 6.82. The van der Waals surface area contributed by atoms with E-state index >= 15 is 0 Å². The fourth-order valence-corrected chi connectivity index (χ4v) is 4.94. The highest BCUT2D eigenvalue weighted by molar-refractivity contribution is 9.10. The molecule has 4 nitrogen and oxygen atoms in total. The Morgan fingerprint density at radius 2 is 1.43 bits per heavy atom. The van der Waals surface area contributed by atoms with Crippen LogP contribution in [0.5, 0.6) is 0 Å². The zero-order chi connectivity index (χ0) is 32.8. The lowest BCUT2D eigenvalue weighted by Crippen LogP contribution is -2.50. The van der Waals surface area contributed by atoms with Crippen molar-refractivity contribution in [1.29, 1.82) is 0 Å². The fraction of sp³-hybridized carbons (Fsp3) is 0.286. The quantitative estimate of drug-likeness (QED) is 0.247. The molecule has 0 bridgehead atoms. The van der Waals surface area contributed by atoms with Crippen LogP contribution in [0, 0.1) is 5.92 Å². The van der Waals surface area contributed by atoms with Crippen LogP contribution in [0.4, 0.5) is 55.3 Å². The Hall–Kier alpha value is -3.33. The van der Waals surface area contributed by atoms with Gasteiger partial charge in [0.05, 0.1) is 11.3 Å². The molecule has 3 aromatic carbocycles. The zero-order valence-corrected chi connectivity index (χ0v) is 24.1. The van der Waals surface area contributed by atoms with Gasteiger partial charge in [-0.15, -0.1) is 0 Å². The first kappa shape index (κ1) is 33.6. The molecular weight excluding hydrogens is 702 g/mol. The highest BCUT2D eigenvalue weighted by atomic mass is 79.9. The van der Waals surface area contributed by atoms with Crippen LogP contribution in [0.1, 0.15) is 44.7 Å². The van der Waals surface area contributed by atoms with Crippen molar-refractivity contribution in [3.63, 3.8) is 0 Å². The minimum atomic E-state index is -6.67. The van der Waals surface area contributed by atoms with Crippen LogP contribution < -0.4 is 10.2 Å². The molecule has 1 aliphatic rings. The van der Waals surface area contributed by atoms with E-state index in [4.69, 9.17) is 11.6 Å². The van der Waals surface area contributed by atoms with Crippen LogP contribution in [0.2, 0.25) is 5.02 Å². The Balaban J connectivity index is 1.72. The maximum Gasteiger partial charge on any atom is 0.435 e. The second-order valence-electron chi connectivity index (χ2n) is 9.90. The molecule has 0 saturated heterocycles. The standard InChI is InChI=1S/C28H18BrClF10N2O2/c29-21-12-17(25(31,27(35,36)37)28(38,39)40)11-20(26(32,33)34)22(21)41-23(43)16-2-1-3-19(10-16)42(13-14-4-5-14)24(44)15-6-8-18(30)9-7-15/h1-3,6-12,14H,4-5,13H2,(H,41,43). The molecule has 4 rings (SSSR count). The summed E-state index contributed by atoms with van der Waals surface area (Å²) in [7, 11) is 0. The van der Waals surface area contributed by atoms with Crippen molar-refractivity contribution in [2.75, 3.05) is 16.8 Å². The second-order valence-corrected chi connectivity index (χ2v) is 11.2. The highest BCUT2D eigenvalue weighted by Gasteiger charge is 2.73. The molecule has 236 valence electrons. The SMILES string of the molecule is O=C(Nc1c(Br)cc(C(F)(C(F)(F)F)C(F)(F)F)cc1C(F)(F)F)c1cccc(N(CC2CC2)C(=O)c2ccc(Cl)cc2)c1. The van der Waals surface area contributed by atoms with Crippen molar-refractivity contribution >= 4 is 50.7 Å². The number of hydrogen-bond acceptors (Lipinski definition) is 2. The van der Waals surface area contributed by atoms with Crippen molar-refractivity contribution in [1.82, 2.24) is 0 Å². The van der Waals surface area contributed by atoms with Gasteiger partial charge >= 0.3 is 24.2 Å². The van der Waals surface area contributed by atoms with Gasteiger partial charge in [0.25, 0.3) is 11.8 Å². The molecule has 1 saturated carbocycles. The van der Waals surface area contributed by atoms with E-state index in [-0.39, 0.29) is 35.3 Å². The van der Waals surface area contributed by atoms with E-state index in [1.54, 1.807) is 0 Å². The first-order chi connectivity index (χ1) is 20.2. The van der Waals surface area contributed by atoms with Gasteiger partial charge in [0.15, 0.2) is 0 Å². The predicted octanol–water partition coefficient (Wildman–Crippen LogP) is 9.72. The van der Waals surface area contributed by atoms with E-state index in [1.165, 1.54) is 47.4 Å². The number of hydrogen-bond donors (Lipinski definition) is 1. The number of nitrogens with one attached hydrogen (secondary N) is 1. The number of benzene rings is 3. The topological polar surface area (TPSA) is 49.4 Å². The maximum absolute atomic E-state index is 14.6. The largest absolute Gasteiger partial charge is 0.435 e. The molecule has 16 heteroatoms. The molecule has 0 radical (unpaired) electrons. The summed E-state index contributed by atoms with van der Waals surface area (Å²) in [5, 5.41) is 2.21. The van der Waals surface area contributed by atoms with Gasteiger partial charge in [-0.1, -0.05) is 17.7 Å². The molecule has 0 aromatic heterocycles. The first-order valence-corrected chi connectivity index (χ1v) is 13.6. The molecule has 0 unspecified atom stereocenters. The van der Waals surface area contributed by atoms with Gasteiger partial charge in [-0.25, -0.2) is 4.39 Å². The Morgan fingerprint density at radius 3 is 1.95 bits per heavy atom. The minimum absolute atomic E-state index is 0.135. The summed E-state index contributed by atoms with van der Waals surface area (Å²) < 4.78 is 135. The molecule has 0 spiro atoms. The van der Waals surface area contributed by atoms with Crippen molar-refractivity contribution in [2.24, 2.45) is 5.92 Å². The number of carbonyl (C=O) groups is 2. The predicted molar refractivity (Wildman–Crippen MR) is 144 cm³/mol. The van der Waals surface area contributed by atoms with Gasteiger partial charge < -0.3 is 10.2 Å². The average Bonchev–Trinajstić information content (AvgIpc) is 3.74. The minimum Gasteiger partial charge on any atom is -0.320 e. The molecule has 3 aromatic rings. The van der Waals surface area contributed by atoms with Gasteiger partial charge in [-0.2, -0.15) is 39.5 Å². The number of alkyl halides is 10. The first-order valence-electron chi connectivity index (χ1n) is 12.5. The third-order valence-electron chi connectivity index (χ3n) is 6.71. The summed E-state index contributed by atoms with van der Waals surface area (Å²) in [5.74, 6) is -1.56. The van der Waals surface area contributed by atoms with Crippen molar-refractivity contribution in [2.45, 2.75) is 37.0 Å². The maximum atomic E-state index is 14.6. The highest BCUT2D eigenvalue weighted by Crippen LogP contribution is 2.55. The van der Waals surface area contributed by atoms with E-state index in [2.05, 4.69) is 15.9 Å². The lowest BCUT2D eigenvalue weighted by atomic mass is 9.92. The van der Waals surface area contributed by atoms with Gasteiger partial charge in [-0.05, 0) is 89.3 Å². The van der Waals surface area contributed by atoms with E-state index in [1.807, 2.05) is 5.32 Å². The molecule has 1 aliphatic carbocycles. The fourth-order valence-electron chi connectivity index (χ4n) is 4.26. The summed E-state index contributed by atoms with van der Waals surface area (Å²) in [6, 6.07) is 10.3. The van der Waals surface area contributed by atoms with Crippen LogP contribution in [-0.4, -0.2) is 30.7 Å². The molecule has 1 N–H and O–H groups in total. The molecule has 2 amide bonds. The van der Waals surface area contributed by atoms with Gasteiger partial charge in [0.2, 0.25) is 0 Å². The number of halogens is 12.